The Bertz CT molecular complexity index is 1950. The molecule has 0 spiro atoms. The van der Waals surface area contributed by atoms with Gasteiger partial charge in [-0.05, 0) is 60.7 Å². The van der Waals surface area contributed by atoms with Crippen molar-refractivity contribution in [3.8, 4) is 11.8 Å². The van der Waals surface area contributed by atoms with Gasteiger partial charge in [-0.15, -0.1) is 0 Å². The summed E-state index contributed by atoms with van der Waals surface area (Å²) in [5.74, 6) is -6.01. The largest absolute Gasteiger partial charge is 0.495 e. The number of alkyl carbamates (subject to hydrolysis) is 1. The summed E-state index contributed by atoms with van der Waals surface area (Å²) in [6, 6.07) is 10.7. The van der Waals surface area contributed by atoms with E-state index >= 15 is 8.78 Å². The van der Waals surface area contributed by atoms with Crippen molar-refractivity contribution in [1.82, 2.24) is 10.6 Å². The molecule has 0 radical (unpaired) electrons. The first-order valence-corrected chi connectivity index (χ1v) is 17.0. The van der Waals surface area contributed by atoms with Crippen LogP contribution in [0.1, 0.15) is 68.4 Å². The number of carboxylic acids is 1. The first-order valence-electron chi connectivity index (χ1n) is 16.3. The first kappa shape index (κ1) is 40.8. The highest BCUT2D eigenvalue weighted by molar-refractivity contribution is 6.31. The number of methoxy groups -OCH3 is 1. The van der Waals surface area contributed by atoms with Crippen molar-refractivity contribution in [2.75, 3.05) is 12.4 Å². The maximum absolute atomic E-state index is 16.0. The van der Waals surface area contributed by atoms with E-state index in [1.54, 1.807) is 0 Å². The summed E-state index contributed by atoms with van der Waals surface area (Å²) in [6.07, 6.45) is -2.29. The Kier molecular flexibility index (Phi) is 12.6. The van der Waals surface area contributed by atoms with Gasteiger partial charge in [0.15, 0.2) is 0 Å². The third-order valence-corrected chi connectivity index (χ3v) is 9.20. The van der Waals surface area contributed by atoms with Crippen LogP contribution in [0.2, 0.25) is 10.0 Å². The van der Waals surface area contributed by atoms with Gasteiger partial charge in [0.1, 0.15) is 28.8 Å². The van der Waals surface area contributed by atoms with Gasteiger partial charge in [0, 0.05) is 29.5 Å². The summed E-state index contributed by atoms with van der Waals surface area (Å²) in [6.45, 7) is 8.20. The van der Waals surface area contributed by atoms with Gasteiger partial charge in [-0.1, -0.05) is 62.2 Å². The topological polar surface area (TPSA) is 176 Å². The molecule has 282 valence electrons. The minimum atomic E-state index is -1.85. The fraction of sp³-hybridized carbons (Fsp3) is 0.378. The molecule has 1 aliphatic heterocycles. The van der Waals surface area contributed by atoms with Crippen LogP contribution in [0, 0.1) is 28.4 Å². The lowest BCUT2D eigenvalue weighted by Crippen LogP contribution is -2.45. The Hall–Kier alpha value is -4.97. The maximum atomic E-state index is 16.0. The quantitative estimate of drug-likeness (QED) is 0.118. The Balaban J connectivity index is 1.71. The van der Waals surface area contributed by atoms with Gasteiger partial charge in [-0.3, -0.25) is 9.59 Å². The molecule has 0 bridgehead atoms. The van der Waals surface area contributed by atoms with Crippen LogP contribution < -0.4 is 20.7 Å². The minimum absolute atomic E-state index is 0.000542. The average molecular weight is 776 g/mol. The number of rotatable bonds is 11. The lowest BCUT2D eigenvalue weighted by atomic mass is 9.62. The van der Waals surface area contributed by atoms with E-state index in [-0.39, 0.29) is 44.6 Å². The van der Waals surface area contributed by atoms with E-state index in [4.69, 9.17) is 42.5 Å². The number of ether oxygens (including phenoxy) is 3. The molecule has 53 heavy (non-hydrogen) atoms. The Morgan fingerprint density at radius 1 is 1.06 bits per heavy atom. The van der Waals surface area contributed by atoms with E-state index in [0.29, 0.717) is 0 Å². The number of halogens is 4. The molecule has 2 amide bonds. The number of hydrogen-bond donors (Lipinski definition) is 4. The van der Waals surface area contributed by atoms with E-state index < -0.39 is 76.7 Å². The summed E-state index contributed by atoms with van der Waals surface area (Å²) in [4.78, 5) is 50.1. The zero-order valence-corrected chi connectivity index (χ0v) is 31.1. The van der Waals surface area contributed by atoms with E-state index in [0.717, 1.165) is 6.07 Å². The van der Waals surface area contributed by atoms with Gasteiger partial charge in [0.2, 0.25) is 12.2 Å². The number of nitrogens with zero attached hydrogens (tertiary/aromatic N) is 1. The number of amides is 2. The second-order valence-corrected chi connectivity index (χ2v) is 14.5. The number of carbonyl (C=O) groups excluding carboxylic acids is 3. The summed E-state index contributed by atoms with van der Waals surface area (Å²) < 4.78 is 47.4. The van der Waals surface area contributed by atoms with Crippen LogP contribution in [0.15, 0.2) is 54.6 Å². The number of carboxylic acid groups (broad SMARTS) is 1. The van der Waals surface area contributed by atoms with Crippen LogP contribution in [0.3, 0.4) is 0 Å². The SMILES string of the molecule is COc1cc(C(=O)OC(C)OC(=O)NC(C)C(=O)O)ccc1NC(=O)[C@@H]1NC(CC(C)(C)C)[C@](C#N)(c2ccc(Cl)cc2F)C1c1cccc(Cl)c1F. The molecule has 1 aliphatic rings. The third-order valence-electron chi connectivity index (χ3n) is 8.68. The first-order chi connectivity index (χ1) is 24.8. The Labute approximate surface area is 314 Å². The van der Waals surface area contributed by atoms with E-state index in [1.165, 1.54) is 69.5 Å². The summed E-state index contributed by atoms with van der Waals surface area (Å²) >= 11 is 12.3. The standard InChI is InChI=1S/C37H38Cl2F2N4O8/c1-18(33(47)48)43-35(50)53-19(2)52-34(49)20-10-13-26(27(14-20)51-6)44-32(46)31-29(22-8-7-9-24(39)30(22)41)37(17-42,28(45-31)16-36(3,4)5)23-12-11-21(38)15-25(23)40/h7-15,18-19,28-29,31,45H,16H2,1-6H3,(H,43,50)(H,44,46)(H,47,48)/t18?,19?,28?,29?,31-,37+/m1/s1. The predicted molar refractivity (Wildman–Crippen MR) is 191 cm³/mol. The number of nitrogens with one attached hydrogen (secondary N) is 3. The monoisotopic (exact) mass is 774 g/mol. The molecule has 6 atom stereocenters. The van der Waals surface area contributed by atoms with E-state index in [9.17, 15) is 24.4 Å². The second-order valence-electron chi connectivity index (χ2n) is 13.7. The Morgan fingerprint density at radius 2 is 1.75 bits per heavy atom. The van der Waals surface area contributed by atoms with Crippen LogP contribution in [0.5, 0.6) is 5.75 Å². The summed E-state index contributed by atoms with van der Waals surface area (Å²) in [5.41, 5.74) is -2.48. The molecule has 4 unspecified atom stereocenters. The van der Waals surface area contributed by atoms with Gasteiger partial charge in [0.25, 0.3) is 0 Å². The second kappa shape index (κ2) is 16.4. The Morgan fingerprint density at radius 3 is 2.36 bits per heavy atom. The third kappa shape index (κ3) is 8.98. The van der Waals surface area contributed by atoms with Crippen LogP contribution in [-0.4, -0.2) is 60.6 Å². The zero-order chi connectivity index (χ0) is 39.4. The van der Waals surface area contributed by atoms with Crippen molar-refractivity contribution >= 4 is 52.8 Å². The fourth-order valence-electron chi connectivity index (χ4n) is 6.35. The molecule has 3 aromatic carbocycles. The molecule has 16 heteroatoms. The van der Waals surface area contributed by atoms with E-state index in [2.05, 4.69) is 22.0 Å². The van der Waals surface area contributed by atoms with Gasteiger partial charge >= 0.3 is 18.0 Å². The molecular weight excluding hydrogens is 737 g/mol. The molecule has 4 rings (SSSR count). The molecule has 1 heterocycles. The van der Waals surface area contributed by atoms with Gasteiger partial charge in [0.05, 0.1) is 35.5 Å². The molecule has 1 saturated heterocycles. The molecular formula is C37H38Cl2F2N4O8. The average Bonchev–Trinajstić information content (AvgIpc) is 3.38. The van der Waals surface area contributed by atoms with Crippen LogP contribution in [0.25, 0.3) is 0 Å². The van der Waals surface area contributed by atoms with E-state index in [1.807, 2.05) is 20.8 Å². The lowest BCUT2D eigenvalue weighted by molar-refractivity contribution is -0.139. The molecule has 0 aromatic heterocycles. The number of anilines is 1. The smallest absolute Gasteiger partial charge is 0.410 e. The van der Waals surface area contributed by atoms with Crippen LogP contribution >= 0.6 is 23.2 Å². The fourth-order valence-corrected chi connectivity index (χ4v) is 6.70. The molecule has 4 N–H and O–H groups in total. The summed E-state index contributed by atoms with van der Waals surface area (Å²) in [5, 5.41) is 27.8. The van der Waals surface area contributed by atoms with Crippen molar-refractivity contribution in [1.29, 1.82) is 5.26 Å². The highest BCUT2D eigenvalue weighted by Gasteiger charge is 2.61. The maximum Gasteiger partial charge on any atom is 0.410 e. The van der Waals surface area contributed by atoms with Crippen LogP contribution in [0.4, 0.5) is 19.3 Å². The predicted octanol–water partition coefficient (Wildman–Crippen LogP) is 6.94. The number of hydrogen-bond acceptors (Lipinski definition) is 9. The van der Waals surface area contributed by atoms with Gasteiger partial charge in [-0.2, -0.15) is 5.26 Å². The van der Waals surface area contributed by atoms with Crippen LogP contribution in [-0.2, 0) is 24.5 Å². The summed E-state index contributed by atoms with van der Waals surface area (Å²) in [7, 11) is 1.28. The van der Waals surface area contributed by atoms with Crippen molar-refractivity contribution in [3.63, 3.8) is 0 Å². The van der Waals surface area contributed by atoms with Crippen molar-refractivity contribution in [2.24, 2.45) is 5.41 Å². The van der Waals surface area contributed by atoms with Crippen molar-refractivity contribution < 1.29 is 47.3 Å². The number of esters is 1. The molecule has 1 fully saturated rings. The zero-order valence-electron chi connectivity index (χ0n) is 29.6. The van der Waals surface area contributed by atoms with Gasteiger partial charge in [-0.25, -0.2) is 18.4 Å². The number of benzene rings is 3. The van der Waals surface area contributed by atoms with Crippen molar-refractivity contribution in [3.05, 3.63) is 93.0 Å². The molecule has 12 nitrogen and oxygen atoms in total. The normalized spacial score (nSPS) is 20.7. The lowest BCUT2D eigenvalue weighted by Gasteiger charge is -2.37. The highest BCUT2D eigenvalue weighted by Crippen LogP contribution is 2.53. The number of nitriles is 1. The minimum Gasteiger partial charge on any atom is -0.495 e. The molecule has 0 saturated carbocycles. The van der Waals surface area contributed by atoms with Crippen molar-refractivity contribution in [2.45, 2.75) is 76.8 Å². The highest BCUT2D eigenvalue weighted by atomic mass is 35.5. The molecule has 0 aliphatic carbocycles. The number of carbonyl (C=O) groups is 4. The number of aliphatic carboxylic acids is 1. The molecule has 3 aromatic rings. The van der Waals surface area contributed by atoms with Gasteiger partial charge < -0.3 is 35.3 Å².